The first-order chi connectivity index (χ1) is 10.3. The van der Waals surface area contributed by atoms with Crippen LogP contribution in [0.5, 0.6) is 0 Å². The lowest BCUT2D eigenvalue weighted by Crippen LogP contribution is -1.85. The molecule has 0 heterocycles. The second kappa shape index (κ2) is 4.91. The maximum atomic E-state index is 6.50. The van der Waals surface area contributed by atoms with Crippen LogP contribution in [0.1, 0.15) is 0 Å². The number of rotatable bonds is 1. The average Bonchev–Trinajstić information content (AvgIpc) is 2.55. The average molecular weight is 289 g/mol. The summed E-state index contributed by atoms with van der Waals surface area (Å²) in [4.78, 5) is 0. The molecule has 0 aliphatic rings. The van der Waals surface area contributed by atoms with E-state index in [1.165, 1.54) is 27.3 Å². The van der Waals surface area contributed by atoms with E-state index in [1.807, 2.05) is 18.2 Å². The van der Waals surface area contributed by atoms with Crippen LogP contribution >= 0.6 is 11.6 Å². The summed E-state index contributed by atoms with van der Waals surface area (Å²) in [6.45, 7) is 0. The summed E-state index contributed by atoms with van der Waals surface area (Å²) in [5.41, 5.74) is 2.45. The fourth-order valence-corrected chi connectivity index (χ4v) is 3.24. The van der Waals surface area contributed by atoms with Crippen LogP contribution in [0.4, 0.5) is 0 Å². The van der Waals surface area contributed by atoms with E-state index < -0.39 is 0 Å². The molecular formula is C20H13Cl. The third-order valence-corrected chi connectivity index (χ3v) is 4.23. The van der Waals surface area contributed by atoms with Crippen molar-refractivity contribution in [3.8, 4) is 11.1 Å². The third-order valence-electron chi connectivity index (χ3n) is 3.92. The van der Waals surface area contributed by atoms with Gasteiger partial charge in [0, 0.05) is 10.4 Å². The van der Waals surface area contributed by atoms with E-state index in [2.05, 4.69) is 60.7 Å². The normalized spacial score (nSPS) is 11.1. The topological polar surface area (TPSA) is 0 Å². The number of halogens is 1. The lowest BCUT2D eigenvalue weighted by Gasteiger charge is -2.12. The van der Waals surface area contributed by atoms with Gasteiger partial charge in [-0.3, -0.25) is 0 Å². The number of benzene rings is 4. The molecule has 4 rings (SSSR count). The Hall–Kier alpha value is -2.31. The van der Waals surface area contributed by atoms with Crippen LogP contribution in [-0.2, 0) is 0 Å². The highest BCUT2D eigenvalue weighted by atomic mass is 35.5. The van der Waals surface area contributed by atoms with Crippen molar-refractivity contribution < 1.29 is 0 Å². The van der Waals surface area contributed by atoms with Crippen LogP contribution in [0.25, 0.3) is 32.7 Å². The predicted molar refractivity (Wildman–Crippen MR) is 91.9 cm³/mol. The molecule has 0 unspecified atom stereocenters. The molecule has 0 spiro atoms. The molecule has 4 aromatic rings. The van der Waals surface area contributed by atoms with Crippen LogP contribution < -0.4 is 0 Å². The Labute approximate surface area is 128 Å². The summed E-state index contributed by atoms with van der Waals surface area (Å²) in [6, 6.07) is 27.3. The van der Waals surface area contributed by atoms with E-state index in [1.54, 1.807) is 0 Å². The molecule has 0 aliphatic carbocycles. The van der Waals surface area contributed by atoms with Crippen molar-refractivity contribution >= 4 is 33.1 Å². The van der Waals surface area contributed by atoms with Crippen molar-refractivity contribution in [2.75, 3.05) is 0 Å². The molecule has 0 saturated heterocycles. The molecule has 0 N–H and O–H groups in total. The summed E-state index contributed by atoms with van der Waals surface area (Å²) < 4.78 is 0. The highest BCUT2D eigenvalue weighted by molar-refractivity contribution is 6.38. The Bertz CT molecular complexity index is 940. The van der Waals surface area contributed by atoms with Gasteiger partial charge in [0.2, 0.25) is 0 Å². The zero-order chi connectivity index (χ0) is 14.2. The Kier molecular flexibility index (Phi) is 2.90. The van der Waals surface area contributed by atoms with Gasteiger partial charge in [-0.1, -0.05) is 78.3 Å². The first kappa shape index (κ1) is 12.4. The Morgan fingerprint density at radius 3 is 2.19 bits per heavy atom. The molecule has 21 heavy (non-hydrogen) atoms. The first-order valence-electron chi connectivity index (χ1n) is 7.00. The summed E-state index contributed by atoms with van der Waals surface area (Å²) in [6.07, 6.45) is 0. The molecule has 0 saturated carbocycles. The Morgan fingerprint density at radius 2 is 1.33 bits per heavy atom. The molecule has 0 aromatic heterocycles. The molecule has 1 heteroatoms. The highest BCUT2D eigenvalue weighted by Gasteiger charge is 2.10. The summed E-state index contributed by atoms with van der Waals surface area (Å²) in [7, 11) is 0. The quantitative estimate of drug-likeness (QED) is 0.360. The van der Waals surface area contributed by atoms with Crippen LogP contribution in [0.3, 0.4) is 0 Å². The second-order valence-electron chi connectivity index (χ2n) is 5.17. The van der Waals surface area contributed by atoms with Gasteiger partial charge in [0.1, 0.15) is 0 Å². The zero-order valence-corrected chi connectivity index (χ0v) is 12.1. The van der Waals surface area contributed by atoms with E-state index in [0.717, 1.165) is 10.4 Å². The minimum absolute atomic E-state index is 0.807. The van der Waals surface area contributed by atoms with Crippen molar-refractivity contribution in [3.05, 3.63) is 83.9 Å². The third kappa shape index (κ3) is 2.00. The molecule has 0 nitrogen and oxygen atoms in total. The van der Waals surface area contributed by atoms with E-state index in [-0.39, 0.29) is 0 Å². The summed E-state index contributed by atoms with van der Waals surface area (Å²) in [5, 5.41) is 5.57. The van der Waals surface area contributed by atoms with Gasteiger partial charge in [-0.15, -0.1) is 0 Å². The van der Waals surface area contributed by atoms with E-state index in [9.17, 15) is 0 Å². The van der Waals surface area contributed by atoms with Gasteiger partial charge < -0.3 is 0 Å². The maximum absolute atomic E-state index is 6.50. The van der Waals surface area contributed by atoms with Crippen LogP contribution in [-0.4, -0.2) is 0 Å². The van der Waals surface area contributed by atoms with Crippen LogP contribution in [0.2, 0.25) is 5.02 Å². The smallest absolute Gasteiger partial charge is 0.0490 e. The molecule has 0 atom stereocenters. The van der Waals surface area contributed by atoms with Crippen molar-refractivity contribution in [2.24, 2.45) is 0 Å². The molecule has 100 valence electrons. The van der Waals surface area contributed by atoms with Gasteiger partial charge in [-0.05, 0) is 39.4 Å². The molecule has 4 aromatic carbocycles. The van der Waals surface area contributed by atoms with Crippen molar-refractivity contribution in [1.29, 1.82) is 0 Å². The lowest BCUT2D eigenvalue weighted by atomic mass is 9.93. The van der Waals surface area contributed by atoms with Crippen molar-refractivity contribution in [2.45, 2.75) is 0 Å². The van der Waals surface area contributed by atoms with E-state index in [4.69, 9.17) is 11.6 Å². The first-order valence-corrected chi connectivity index (χ1v) is 7.38. The summed E-state index contributed by atoms with van der Waals surface area (Å²) in [5.74, 6) is 0. The van der Waals surface area contributed by atoms with E-state index in [0.29, 0.717) is 0 Å². The summed E-state index contributed by atoms with van der Waals surface area (Å²) >= 11 is 6.50. The maximum Gasteiger partial charge on any atom is 0.0490 e. The van der Waals surface area contributed by atoms with Gasteiger partial charge in [-0.2, -0.15) is 0 Å². The minimum atomic E-state index is 0.807. The zero-order valence-electron chi connectivity index (χ0n) is 11.4. The molecule has 0 radical (unpaired) electrons. The van der Waals surface area contributed by atoms with Gasteiger partial charge >= 0.3 is 0 Å². The second-order valence-corrected chi connectivity index (χ2v) is 5.58. The molecule has 0 fully saturated rings. The number of hydrogen-bond donors (Lipinski definition) is 0. The SMILES string of the molecule is Clc1cccc2c(-c3ccccc3)cc3ccccc3c12. The Morgan fingerprint density at radius 1 is 0.619 bits per heavy atom. The van der Waals surface area contributed by atoms with Gasteiger partial charge in [-0.25, -0.2) is 0 Å². The number of fused-ring (bicyclic) bond motifs is 3. The largest absolute Gasteiger partial charge is 0.0836 e. The molecule has 0 bridgehead atoms. The predicted octanol–water partition coefficient (Wildman–Crippen LogP) is 6.31. The van der Waals surface area contributed by atoms with E-state index >= 15 is 0 Å². The minimum Gasteiger partial charge on any atom is -0.0836 e. The highest BCUT2D eigenvalue weighted by Crippen LogP contribution is 2.38. The fraction of sp³-hybridized carbons (Fsp3) is 0. The van der Waals surface area contributed by atoms with Gasteiger partial charge in [0.15, 0.2) is 0 Å². The molecule has 0 aliphatic heterocycles. The standard InChI is InChI=1S/C20H13Cl/c21-19-12-6-11-17-18(14-7-2-1-3-8-14)13-15-9-4-5-10-16(15)20(17)19/h1-13H. The molecule has 0 amide bonds. The monoisotopic (exact) mass is 288 g/mol. The van der Waals surface area contributed by atoms with Crippen molar-refractivity contribution in [1.82, 2.24) is 0 Å². The molecular weight excluding hydrogens is 276 g/mol. The van der Waals surface area contributed by atoms with Crippen molar-refractivity contribution in [3.63, 3.8) is 0 Å². The fourth-order valence-electron chi connectivity index (χ4n) is 2.96. The lowest BCUT2D eigenvalue weighted by molar-refractivity contribution is 1.66. The Balaban J connectivity index is 2.22. The van der Waals surface area contributed by atoms with Crippen LogP contribution in [0.15, 0.2) is 78.9 Å². The van der Waals surface area contributed by atoms with Gasteiger partial charge in [0.25, 0.3) is 0 Å². The van der Waals surface area contributed by atoms with Gasteiger partial charge in [0.05, 0.1) is 0 Å². The van der Waals surface area contributed by atoms with Crippen LogP contribution in [0, 0.1) is 0 Å². The number of hydrogen-bond acceptors (Lipinski definition) is 0.